The van der Waals surface area contributed by atoms with Gasteiger partial charge >= 0.3 is 0 Å². The second kappa shape index (κ2) is 3.50. The predicted molar refractivity (Wildman–Crippen MR) is 38.0 cm³/mol. The van der Waals surface area contributed by atoms with Gasteiger partial charge in [-0.05, 0) is 0 Å². The van der Waals surface area contributed by atoms with E-state index in [0.29, 0.717) is 11.6 Å². The van der Waals surface area contributed by atoms with E-state index in [1.165, 1.54) is 19.5 Å². The summed E-state index contributed by atoms with van der Waals surface area (Å²) < 4.78 is 4.82. The Morgan fingerprint density at radius 2 is 2.27 bits per heavy atom. The van der Waals surface area contributed by atoms with Crippen molar-refractivity contribution in [3.63, 3.8) is 0 Å². The molecule has 0 aromatic carbocycles. The van der Waals surface area contributed by atoms with Crippen molar-refractivity contribution in [3.8, 4) is 5.88 Å². The fourth-order valence-electron chi connectivity index (χ4n) is 0.637. The molecule has 5 nitrogen and oxygen atoms in total. The molecule has 1 heterocycles. The first-order chi connectivity index (χ1) is 5.38. The van der Waals surface area contributed by atoms with Crippen LogP contribution in [0.15, 0.2) is 17.5 Å². The zero-order chi connectivity index (χ0) is 8.10. The van der Waals surface area contributed by atoms with Crippen molar-refractivity contribution >= 4 is 6.21 Å². The molecule has 0 spiro atoms. The van der Waals surface area contributed by atoms with Gasteiger partial charge in [0, 0.05) is 12.4 Å². The SMILES string of the molecule is COc1nccnc1/C=N/O. The molecule has 0 atom stereocenters. The zero-order valence-corrected chi connectivity index (χ0v) is 5.93. The molecule has 0 fully saturated rings. The summed E-state index contributed by atoms with van der Waals surface area (Å²) in [6.45, 7) is 0. The second-order valence-electron chi connectivity index (χ2n) is 1.70. The van der Waals surface area contributed by atoms with E-state index in [1.807, 2.05) is 0 Å². The summed E-state index contributed by atoms with van der Waals surface area (Å²) in [6, 6.07) is 0. The van der Waals surface area contributed by atoms with Crippen LogP contribution in [0.1, 0.15) is 5.69 Å². The molecule has 58 valence electrons. The Labute approximate surface area is 63.4 Å². The minimum Gasteiger partial charge on any atom is -0.479 e. The van der Waals surface area contributed by atoms with Crippen molar-refractivity contribution in [2.24, 2.45) is 5.16 Å². The van der Waals surface area contributed by atoms with Gasteiger partial charge in [0.25, 0.3) is 0 Å². The van der Waals surface area contributed by atoms with Crippen LogP contribution in [0.3, 0.4) is 0 Å². The first-order valence-corrected chi connectivity index (χ1v) is 2.91. The highest BCUT2D eigenvalue weighted by Gasteiger charge is 2.00. The van der Waals surface area contributed by atoms with Gasteiger partial charge in [-0.3, -0.25) is 0 Å². The maximum Gasteiger partial charge on any atom is 0.241 e. The van der Waals surface area contributed by atoms with Crippen LogP contribution in [0.5, 0.6) is 5.88 Å². The predicted octanol–water partition coefficient (Wildman–Crippen LogP) is 0.293. The van der Waals surface area contributed by atoms with Gasteiger partial charge in [-0.2, -0.15) is 0 Å². The normalized spacial score (nSPS) is 10.3. The highest BCUT2D eigenvalue weighted by Crippen LogP contribution is 2.06. The molecule has 1 aromatic heterocycles. The second-order valence-corrected chi connectivity index (χ2v) is 1.70. The van der Waals surface area contributed by atoms with Crippen molar-refractivity contribution in [2.45, 2.75) is 0 Å². The molecule has 1 rings (SSSR count). The van der Waals surface area contributed by atoms with E-state index in [4.69, 9.17) is 9.94 Å². The molecule has 0 unspecified atom stereocenters. The lowest BCUT2D eigenvalue weighted by molar-refractivity contribution is 0.321. The fourth-order valence-corrected chi connectivity index (χ4v) is 0.637. The van der Waals surface area contributed by atoms with E-state index < -0.39 is 0 Å². The molecule has 0 amide bonds. The largest absolute Gasteiger partial charge is 0.479 e. The summed E-state index contributed by atoms with van der Waals surface area (Å²) in [5.74, 6) is 0.338. The Morgan fingerprint density at radius 3 is 2.91 bits per heavy atom. The highest BCUT2D eigenvalue weighted by atomic mass is 16.5. The standard InChI is InChI=1S/C6H7N3O2/c1-11-6-5(4-9-10)7-2-3-8-6/h2-4,10H,1H3/b9-4+. The Morgan fingerprint density at radius 1 is 1.55 bits per heavy atom. The van der Waals surface area contributed by atoms with Crippen LogP contribution >= 0.6 is 0 Å². The van der Waals surface area contributed by atoms with Gasteiger partial charge in [-0.15, -0.1) is 0 Å². The Bertz CT molecular complexity index is 262. The van der Waals surface area contributed by atoms with Crippen molar-refractivity contribution in [1.29, 1.82) is 0 Å². The molecule has 0 aliphatic heterocycles. The number of methoxy groups -OCH3 is 1. The maximum atomic E-state index is 8.19. The summed E-state index contributed by atoms with van der Waals surface area (Å²) in [5, 5.41) is 11.0. The van der Waals surface area contributed by atoms with Crippen molar-refractivity contribution in [1.82, 2.24) is 9.97 Å². The summed E-state index contributed by atoms with van der Waals surface area (Å²) in [7, 11) is 1.47. The van der Waals surface area contributed by atoms with Crippen molar-refractivity contribution < 1.29 is 9.94 Å². The van der Waals surface area contributed by atoms with E-state index in [-0.39, 0.29) is 0 Å². The molecular formula is C6H7N3O2. The molecule has 5 heteroatoms. The summed E-state index contributed by atoms with van der Waals surface area (Å²) in [5.41, 5.74) is 0.400. The third-order valence-corrected chi connectivity index (χ3v) is 1.06. The molecule has 0 bridgehead atoms. The molecule has 0 saturated carbocycles. The molecule has 1 aromatic rings. The summed E-state index contributed by atoms with van der Waals surface area (Å²) in [6.07, 6.45) is 4.14. The van der Waals surface area contributed by atoms with E-state index in [1.54, 1.807) is 0 Å². The number of hydrogen-bond donors (Lipinski definition) is 1. The van der Waals surface area contributed by atoms with E-state index in [9.17, 15) is 0 Å². The number of aromatic nitrogens is 2. The van der Waals surface area contributed by atoms with Crippen molar-refractivity contribution in [3.05, 3.63) is 18.1 Å². The molecule has 0 saturated heterocycles. The first kappa shape index (κ1) is 7.46. The number of hydrogen-bond acceptors (Lipinski definition) is 5. The number of rotatable bonds is 2. The average Bonchev–Trinajstić information content (AvgIpc) is 2.06. The lowest BCUT2D eigenvalue weighted by Gasteiger charge is -1.98. The van der Waals surface area contributed by atoms with Crippen LogP contribution in [-0.4, -0.2) is 28.5 Å². The van der Waals surface area contributed by atoms with Crippen molar-refractivity contribution in [2.75, 3.05) is 7.11 Å². The van der Waals surface area contributed by atoms with Gasteiger partial charge in [-0.25, -0.2) is 9.97 Å². The smallest absolute Gasteiger partial charge is 0.241 e. The number of nitrogens with zero attached hydrogens (tertiary/aromatic N) is 3. The van der Waals surface area contributed by atoms with E-state index in [2.05, 4.69) is 15.1 Å². The Hall–Kier alpha value is -1.65. The lowest BCUT2D eigenvalue weighted by Crippen LogP contribution is -1.96. The molecular weight excluding hydrogens is 146 g/mol. The lowest BCUT2D eigenvalue weighted by atomic mass is 10.5. The summed E-state index contributed by atoms with van der Waals surface area (Å²) >= 11 is 0. The van der Waals surface area contributed by atoms with E-state index in [0.717, 1.165) is 6.21 Å². The maximum absolute atomic E-state index is 8.19. The Balaban J connectivity index is 3.02. The topological polar surface area (TPSA) is 67.6 Å². The van der Waals surface area contributed by atoms with Gasteiger partial charge in [0.05, 0.1) is 13.3 Å². The van der Waals surface area contributed by atoms with Crippen LogP contribution in [-0.2, 0) is 0 Å². The minimum atomic E-state index is 0.338. The van der Waals surface area contributed by atoms with Gasteiger partial charge in [-0.1, -0.05) is 5.16 Å². The first-order valence-electron chi connectivity index (χ1n) is 2.91. The van der Waals surface area contributed by atoms with Crippen LogP contribution in [0.4, 0.5) is 0 Å². The number of ether oxygens (including phenoxy) is 1. The van der Waals surface area contributed by atoms with Crippen LogP contribution in [0, 0.1) is 0 Å². The minimum absolute atomic E-state index is 0.338. The number of oxime groups is 1. The molecule has 1 N–H and O–H groups in total. The third-order valence-electron chi connectivity index (χ3n) is 1.06. The van der Waals surface area contributed by atoms with Gasteiger partial charge in [0.1, 0.15) is 5.69 Å². The van der Waals surface area contributed by atoms with Crippen LogP contribution in [0.2, 0.25) is 0 Å². The van der Waals surface area contributed by atoms with Crippen LogP contribution < -0.4 is 4.74 Å². The summed E-state index contributed by atoms with van der Waals surface area (Å²) in [4.78, 5) is 7.67. The van der Waals surface area contributed by atoms with Crippen LogP contribution in [0.25, 0.3) is 0 Å². The average molecular weight is 153 g/mol. The molecule has 0 aliphatic carbocycles. The fraction of sp³-hybridized carbons (Fsp3) is 0.167. The monoisotopic (exact) mass is 153 g/mol. The van der Waals surface area contributed by atoms with Gasteiger partial charge in [0.2, 0.25) is 5.88 Å². The van der Waals surface area contributed by atoms with Gasteiger partial charge in [0.15, 0.2) is 0 Å². The zero-order valence-electron chi connectivity index (χ0n) is 5.93. The third kappa shape index (κ3) is 1.64. The molecule has 11 heavy (non-hydrogen) atoms. The molecule has 0 radical (unpaired) electrons. The van der Waals surface area contributed by atoms with Gasteiger partial charge < -0.3 is 9.94 Å². The van der Waals surface area contributed by atoms with E-state index >= 15 is 0 Å². The highest BCUT2D eigenvalue weighted by molar-refractivity contribution is 5.79. The quantitative estimate of drug-likeness (QED) is 0.376. The molecule has 0 aliphatic rings. The Kier molecular flexibility index (Phi) is 2.37.